The van der Waals surface area contributed by atoms with Crippen molar-refractivity contribution in [3.8, 4) is 0 Å². The first-order valence-electron chi connectivity index (χ1n) is 6.22. The Kier molecular flexibility index (Phi) is 4.36. The third kappa shape index (κ3) is 3.22. The molecule has 1 fully saturated rings. The van der Waals surface area contributed by atoms with Crippen molar-refractivity contribution in [3.05, 3.63) is 26.9 Å². The van der Waals surface area contributed by atoms with E-state index in [1.54, 1.807) is 13.1 Å². The maximum Gasteiger partial charge on any atom is 0.312 e. The van der Waals surface area contributed by atoms with E-state index in [0.717, 1.165) is 12.8 Å². The summed E-state index contributed by atoms with van der Waals surface area (Å²) in [6.07, 6.45) is 2.90. The van der Waals surface area contributed by atoms with E-state index in [-0.39, 0.29) is 17.7 Å². The molecule has 1 aliphatic heterocycles. The predicted molar refractivity (Wildman–Crippen MR) is 75.2 cm³/mol. The van der Waals surface area contributed by atoms with Crippen LogP contribution in [0.2, 0.25) is 0 Å². The summed E-state index contributed by atoms with van der Waals surface area (Å²) in [5, 5.41) is 20.6. The van der Waals surface area contributed by atoms with Crippen LogP contribution in [0.3, 0.4) is 0 Å². The van der Waals surface area contributed by atoms with Gasteiger partial charge in [0.25, 0.3) is 0 Å². The second-order valence-electron chi connectivity index (χ2n) is 4.82. The minimum Gasteiger partial charge on any atom is -0.393 e. The van der Waals surface area contributed by atoms with E-state index in [4.69, 9.17) is 0 Å². The highest BCUT2D eigenvalue weighted by atomic mass is 79.9. The summed E-state index contributed by atoms with van der Waals surface area (Å²) in [6, 6.07) is 1.48. The Morgan fingerprint density at radius 3 is 2.74 bits per heavy atom. The highest BCUT2D eigenvalue weighted by Crippen LogP contribution is 2.32. The van der Waals surface area contributed by atoms with Crippen LogP contribution in [-0.2, 0) is 0 Å². The third-order valence-corrected chi connectivity index (χ3v) is 3.97. The van der Waals surface area contributed by atoms with Crippen LogP contribution in [0.4, 0.5) is 11.5 Å². The number of hydrogen-bond donors (Lipinski definition) is 1. The monoisotopic (exact) mass is 329 g/mol. The number of anilines is 1. The van der Waals surface area contributed by atoms with Gasteiger partial charge in [-0.2, -0.15) is 0 Å². The van der Waals surface area contributed by atoms with Gasteiger partial charge < -0.3 is 10.0 Å². The zero-order chi connectivity index (χ0) is 14.0. The summed E-state index contributed by atoms with van der Waals surface area (Å²) >= 11 is 3.20. The molecule has 1 unspecified atom stereocenters. The summed E-state index contributed by atoms with van der Waals surface area (Å²) in [5.74, 6) is 0.683. The molecular formula is C12H16BrN3O3. The molecule has 1 N–H and O–H groups in total. The molecule has 0 aliphatic carbocycles. The van der Waals surface area contributed by atoms with Crippen LogP contribution >= 0.6 is 15.9 Å². The van der Waals surface area contributed by atoms with E-state index >= 15 is 0 Å². The maximum absolute atomic E-state index is 11.1. The zero-order valence-electron chi connectivity index (χ0n) is 10.6. The fraction of sp³-hybridized carbons (Fsp3) is 0.583. The first-order valence-corrected chi connectivity index (χ1v) is 7.01. The zero-order valence-corrected chi connectivity index (χ0v) is 12.2. The molecule has 0 amide bonds. The van der Waals surface area contributed by atoms with E-state index in [1.165, 1.54) is 6.07 Å². The van der Waals surface area contributed by atoms with Crippen molar-refractivity contribution in [1.82, 2.24) is 4.98 Å². The van der Waals surface area contributed by atoms with E-state index < -0.39 is 4.92 Å². The highest BCUT2D eigenvalue weighted by molar-refractivity contribution is 9.10. The fourth-order valence-corrected chi connectivity index (χ4v) is 2.71. The summed E-state index contributed by atoms with van der Waals surface area (Å²) in [6.45, 7) is 3.16. The molecule has 0 saturated carbocycles. The molecule has 0 spiro atoms. The molecule has 1 atom stereocenters. The van der Waals surface area contributed by atoms with Crippen molar-refractivity contribution in [2.75, 3.05) is 18.0 Å². The lowest BCUT2D eigenvalue weighted by atomic mass is 9.92. The first kappa shape index (κ1) is 14.2. The van der Waals surface area contributed by atoms with Gasteiger partial charge in [0.1, 0.15) is 0 Å². The molecule has 0 radical (unpaired) electrons. The average molecular weight is 330 g/mol. The largest absolute Gasteiger partial charge is 0.393 e. The lowest BCUT2D eigenvalue weighted by Gasteiger charge is -2.33. The van der Waals surface area contributed by atoms with E-state index in [9.17, 15) is 15.2 Å². The fourth-order valence-electron chi connectivity index (χ4n) is 2.39. The number of aliphatic hydroxyl groups excluding tert-OH is 1. The van der Waals surface area contributed by atoms with Gasteiger partial charge in [0.15, 0.2) is 0 Å². The Hall–Kier alpha value is -1.21. The molecule has 1 saturated heterocycles. The van der Waals surface area contributed by atoms with Crippen molar-refractivity contribution in [2.24, 2.45) is 5.92 Å². The molecule has 19 heavy (non-hydrogen) atoms. The van der Waals surface area contributed by atoms with E-state index in [1.807, 2.05) is 4.90 Å². The number of halogens is 1. The summed E-state index contributed by atoms with van der Waals surface area (Å²) in [5.41, 5.74) is 0.0184. The second kappa shape index (κ2) is 5.83. The van der Waals surface area contributed by atoms with Gasteiger partial charge in [0.2, 0.25) is 5.82 Å². The summed E-state index contributed by atoms with van der Waals surface area (Å²) in [4.78, 5) is 16.7. The Bertz CT molecular complexity index is 473. The smallest absolute Gasteiger partial charge is 0.312 e. The topological polar surface area (TPSA) is 79.5 Å². The Labute approximate surface area is 119 Å². The van der Waals surface area contributed by atoms with E-state index in [0.29, 0.717) is 23.4 Å². The van der Waals surface area contributed by atoms with Crippen molar-refractivity contribution in [1.29, 1.82) is 0 Å². The quantitative estimate of drug-likeness (QED) is 0.680. The minimum atomic E-state index is -0.409. The van der Waals surface area contributed by atoms with Gasteiger partial charge in [-0.25, -0.2) is 4.98 Å². The molecule has 104 valence electrons. The number of nitrogens with zero attached hydrogens (tertiary/aromatic N) is 3. The van der Waals surface area contributed by atoms with Gasteiger partial charge in [-0.05, 0) is 41.6 Å². The lowest BCUT2D eigenvalue weighted by molar-refractivity contribution is -0.384. The van der Waals surface area contributed by atoms with Crippen LogP contribution in [0, 0.1) is 16.0 Å². The number of rotatable bonds is 3. The number of hydrogen-bond acceptors (Lipinski definition) is 5. The van der Waals surface area contributed by atoms with Crippen molar-refractivity contribution in [3.63, 3.8) is 0 Å². The molecule has 2 rings (SSSR count). The summed E-state index contributed by atoms with van der Waals surface area (Å²) < 4.78 is 0.599. The van der Waals surface area contributed by atoms with Crippen LogP contribution in [0.15, 0.2) is 16.7 Å². The first-order chi connectivity index (χ1) is 8.99. The molecule has 0 aromatic carbocycles. The Morgan fingerprint density at radius 2 is 2.21 bits per heavy atom. The highest BCUT2D eigenvalue weighted by Gasteiger charge is 2.27. The number of piperidine rings is 1. The van der Waals surface area contributed by atoms with Crippen molar-refractivity contribution in [2.45, 2.75) is 25.9 Å². The molecular weight excluding hydrogens is 314 g/mol. The van der Waals surface area contributed by atoms with Crippen molar-refractivity contribution >= 4 is 27.4 Å². The summed E-state index contributed by atoms with van der Waals surface area (Å²) in [7, 11) is 0. The van der Waals surface area contributed by atoms with Gasteiger partial charge in [-0.1, -0.05) is 0 Å². The van der Waals surface area contributed by atoms with Crippen LogP contribution in [0.25, 0.3) is 0 Å². The average Bonchev–Trinajstić information content (AvgIpc) is 2.38. The SMILES string of the molecule is CC(O)C1CCN(c2ncc(Br)cc2[N+](=O)[O-])CC1. The number of aromatic nitrogens is 1. The van der Waals surface area contributed by atoms with E-state index in [2.05, 4.69) is 20.9 Å². The molecule has 7 heteroatoms. The van der Waals surface area contributed by atoms with Crippen LogP contribution in [-0.4, -0.2) is 34.2 Å². The molecule has 6 nitrogen and oxygen atoms in total. The second-order valence-corrected chi connectivity index (χ2v) is 5.73. The predicted octanol–water partition coefficient (Wildman–Crippen LogP) is 2.35. The Balaban J connectivity index is 2.17. The molecule has 1 aromatic rings. The number of pyridine rings is 1. The number of nitro groups is 1. The standard InChI is InChI=1S/C12H16BrN3O3/c1-8(17)9-2-4-15(5-3-9)12-11(16(18)19)6-10(13)7-14-12/h6-9,17H,2-5H2,1H3. The molecule has 2 heterocycles. The van der Waals surface area contributed by atoms with Crippen molar-refractivity contribution < 1.29 is 10.0 Å². The Morgan fingerprint density at radius 1 is 1.58 bits per heavy atom. The van der Waals surface area contributed by atoms with Gasteiger partial charge >= 0.3 is 5.69 Å². The third-order valence-electron chi connectivity index (χ3n) is 3.53. The van der Waals surface area contributed by atoms with Gasteiger partial charge in [0, 0.05) is 29.8 Å². The molecule has 1 aliphatic rings. The number of aliphatic hydroxyl groups is 1. The van der Waals surface area contributed by atoms with Crippen LogP contribution in [0.5, 0.6) is 0 Å². The molecule has 0 bridgehead atoms. The lowest BCUT2D eigenvalue weighted by Crippen LogP contribution is -2.37. The van der Waals surface area contributed by atoms with Crippen LogP contribution in [0.1, 0.15) is 19.8 Å². The van der Waals surface area contributed by atoms with Gasteiger partial charge in [-0.3, -0.25) is 10.1 Å². The van der Waals surface area contributed by atoms with Gasteiger partial charge in [0.05, 0.1) is 11.0 Å². The van der Waals surface area contributed by atoms with Gasteiger partial charge in [-0.15, -0.1) is 0 Å². The normalized spacial score (nSPS) is 18.4. The molecule has 1 aromatic heterocycles. The maximum atomic E-state index is 11.1. The minimum absolute atomic E-state index is 0.0184. The van der Waals surface area contributed by atoms with Crippen LogP contribution < -0.4 is 4.90 Å².